The Hall–Kier alpha value is -2.04. The molecule has 2 aromatic heterocycles. The predicted octanol–water partition coefficient (Wildman–Crippen LogP) is 1.56. The maximum absolute atomic E-state index is 11.6. The van der Waals surface area contributed by atoms with E-state index in [1.165, 1.54) is 4.68 Å². The van der Waals surface area contributed by atoms with Gasteiger partial charge >= 0.3 is 0 Å². The number of ketones is 1. The minimum absolute atomic E-state index is 0.0830. The van der Waals surface area contributed by atoms with E-state index in [-0.39, 0.29) is 5.78 Å². The molecule has 0 amide bonds. The number of hydrogen-bond acceptors (Lipinski definition) is 4. The monoisotopic (exact) mass is 216 g/mol. The van der Waals surface area contributed by atoms with Crippen LogP contribution in [-0.4, -0.2) is 25.5 Å². The molecule has 5 heteroatoms. The molecule has 5 nitrogen and oxygen atoms in total. The lowest BCUT2D eigenvalue weighted by molar-refractivity contribution is 0.0987. The van der Waals surface area contributed by atoms with E-state index in [2.05, 4.69) is 15.1 Å². The van der Waals surface area contributed by atoms with E-state index in [9.17, 15) is 4.79 Å². The maximum atomic E-state index is 11.6. The number of Topliss-reactive ketones (excluding diaryl/α,β-unsaturated/α-hetero) is 1. The summed E-state index contributed by atoms with van der Waals surface area (Å²) in [6.45, 7) is 3.64. The number of carbonyl (C=O) groups is 1. The molecule has 0 aliphatic rings. The van der Waals surface area contributed by atoms with Crippen molar-refractivity contribution in [3.05, 3.63) is 35.9 Å². The van der Waals surface area contributed by atoms with Crippen LogP contribution in [0.2, 0.25) is 0 Å². The summed E-state index contributed by atoms with van der Waals surface area (Å²) in [5, 5.41) is 4.22. The first-order valence-electron chi connectivity index (χ1n) is 5.09. The van der Waals surface area contributed by atoms with Crippen molar-refractivity contribution in [2.24, 2.45) is 0 Å². The lowest BCUT2D eigenvalue weighted by Crippen LogP contribution is -2.00. The van der Waals surface area contributed by atoms with Gasteiger partial charge in [-0.15, -0.1) is 0 Å². The summed E-state index contributed by atoms with van der Waals surface area (Å²) in [5.41, 5.74) is 1.34. The Bertz CT molecular complexity index is 504. The highest BCUT2D eigenvalue weighted by Gasteiger charge is 2.12. The average Bonchev–Trinajstić information content (AvgIpc) is 2.71. The third-order valence-corrected chi connectivity index (χ3v) is 2.28. The van der Waals surface area contributed by atoms with Crippen LogP contribution in [0, 0.1) is 6.92 Å². The van der Waals surface area contributed by atoms with Gasteiger partial charge in [0, 0.05) is 25.0 Å². The van der Waals surface area contributed by atoms with E-state index in [1.54, 1.807) is 24.7 Å². The minimum Gasteiger partial charge on any atom is -0.294 e. The first kappa shape index (κ1) is 10.5. The molecule has 0 N–H and O–H groups in total. The minimum atomic E-state index is 0.0830. The molecule has 0 radical (unpaired) electrons. The van der Waals surface area contributed by atoms with Crippen LogP contribution in [-0.2, 0) is 0 Å². The molecule has 0 saturated carbocycles. The second-order valence-electron chi connectivity index (χ2n) is 3.40. The van der Waals surface area contributed by atoms with Gasteiger partial charge in [0.05, 0.1) is 11.3 Å². The molecule has 0 atom stereocenters. The van der Waals surface area contributed by atoms with Gasteiger partial charge in [-0.1, -0.05) is 6.92 Å². The van der Waals surface area contributed by atoms with E-state index < -0.39 is 0 Å². The Balaban J connectivity index is 2.42. The molecular formula is C11H12N4O. The van der Waals surface area contributed by atoms with Crippen molar-refractivity contribution in [1.29, 1.82) is 0 Å². The summed E-state index contributed by atoms with van der Waals surface area (Å²) >= 11 is 0. The lowest BCUT2D eigenvalue weighted by Gasteiger charge is -1.95. The molecule has 0 saturated heterocycles. The summed E-state index contributed by atoms with van der Waals surface area (Å²) in [4.78, 5) is 19.7. The second-order valence-corrected chi connectivity index (χ2v) is 3.40. The first-order valence-corrected chi connectivity index (χ1v) is 5.09. The van der Waals surface area contributed by atoms with Gasteiger partial charge in [0.25, 0.3) is 0 Å². The topological polar surface area (TPSA) is 60.7 Å². The molecule has 0 aliphatic carbocycles. The number of aryl methyl sites for hydroxylation is 1. The molecule has 2 heterocycles. The third-order valence-electron chi connectivity index (χ3n) is 2.28. The van der Waals surface area contributed by atoms with Crippen molar-refractivity contribution < 1.29 is 4.79 Å². The highest BCUT2D eigenvalue weighted by molar-refractivity contribution is 5.96. The van der Waals surface area contributed by atoms with Crippen molar-refractivity contribution in [3.8, 4) is 5.95 Å². The summed E-state index contributed by atoms with van der Waals surface area (Å²) in [7, 11) is 0. The maximum Gasteiger partial charge on any atom is 0.250 e. The third kappa shape index (κ3) is 1.84. The Morgan fingerprint density at radius 1 is 1.38 bits per heavy atom. The summed E-state index contributed by atoms with van der Waals surface area (Å²) in [5.74, 6) is 0.556. The van der Waals surface area contributed by atoms with E-state index in [0.29, 0.717) is 23.6 Å². The van der Waals surface area contributed by atoms with Crippen LogP contribution in [0.25, 0.3) is 5.95 Å². The van der Waals surface area contributed by atoms with E-state index in [0.717, 1.165) is 0 Å². The van der Waals surface area contributed by atoms with Crippen molar-refractivity contribution >= 4 is 5.78 Å². The van der Waals surface area contributed by atoms with E-state index in [4.69, 9.17) is 0 Å². The Morgan fingerprint density at radius 3 is 2.69 bits per heavy atom. The average molecular weight is 216 g/mol. The summed E-state index contributed by atoms with van der Waals surface area (Å²) < 4.78 is 1.53. The van der Waals surface area contributed by atoms with Gasteiger partial charge in [-0.05, 0) is 13.0 Å². The normalized spacial score (nSPS) is 10.4. The fraction of sp³-hybridized carbons (Fsp3) is 0.273. The SMILES string of the molecule is CCC(=O)c1cn(-c2ncccn2)nc1C. The number of hydrogen-bond donors (Lipinski definition) is 0. The molecule has 0 unspecified atom stereocenters. The van der Waals surface area contributed by atoms with Gasteiger partial charge in [-0.25, -0.2) is 14.6 Å². The number of nitrogens with zero attached hydrogens (tertiary/aromatic N) is 4. The van der Waals surface area contributed by atoms with Crippen molar-refractivity contribution in [2.45, 2.75) is 20.3 Å². The molecule has 0 aliphatic heterocycles. The number of carbonyl (C=O) groups excluding carboxylic acids is 1. The van der Waals surface area contributed by atoms with Crippen molar-refractivity contribution in [2.75, 3.05) is 0 Å². The summed E-state index contributed by atoms with van der Waals surface area (Å²) in [6.07, 6.45) is 5.43. The van der Waals surface area contributed by atoms with Gasteiger partial charge in [0.2, 0.25) is 5.95 Å². The largest absolute Gasteiger partial charge is 0.294 e. The zero-order chi connectivity index (χ0) is 11.5. The first-order chi connectivity index (χ1) is 7.72. The molecule has 82 valence electrons. The van der Waals surface area contributed by atoms with Gasteiger partial charge in [-0.3, -0.25) is 4.79 Å². The Morgan fingerprint density at radius 2 is 2.06 bits per heavy atom. The van der Waals surface area contributed by atoms with Gasteiger partial charge in [-0.2, -0.15) is 5.10 Å². The van der Waals surface area contributed by atoms with Gasteiger partial charge in [0.1, 0.15) is 0 Å². The molecule has 2 aromatic rings. The summed E-state index contributed by atoms with van der Waals surface area (Å²) in [6, 6.07) is 1.73. The van der Waals surface area contributed by atoms with E-state index >= 15 is 0 Å². The molecule has 0 spiro atoms. The van der Waals surface area contributed by atoms with Crippen LogP contribution in [0.15, 0.2) is 24.7 Å². The number of rotatable bonds is 3. The fourth-order valence-corrected chi connectivity index (χ4v) is 1.44. The van der Waals surface area contributed by atoms with Gasteiger partial charge < -0.3 is 0 Å². The van der Waals surface area contributed by atoms with Crippen LogP contribution in [0.5, 0.6) is 0 Å². The predicted molar refractivity (Wildman–Crippen MR) is 58.5 cm³/mol. The fourth-order valence-electron chi connectivity index (χ4n) is 1.44. The van der Waals surface area contributed by atoms with Crippen molar-refractivity contribution in [1.82, 2.24) is 19.7 Å². The van der Waals surface area contributed by atoms with Crippen LogP contribution in [0.1, 0.15) is 29.4 Å². The molecule has 16 heavy (non-hydrogen) atoms. The van der Waals surface area contributed by atoms with Crippen molar-refractivity contribution in [3.63, 3.8) is 0 Å². The number of aromatic nitrogens is 4. The molecule has 0 bridgehead atoms. The quantitative estimate of drug-likeness (QED) is 0.730. The smallest absolute Gasteiger partial charge is 0.250 e. The Kier molecular flexibility index (Phi) is 2.76. The standard InChI is InChI=1S/C11H12N4O/c1-3-10(16)9-7-15(14-8(9)2)11-12-5-4-6-13-11/h4-7H,3H2,1-2H3. The van der Waals surface area contributed by atoms with Crippen LogP contribution < -0.4 is 0 Å². The zero-order valence-electron chi connectivity index (χ0n) is 9.21. The van der Waals surface area contributed by atoms with Gasteiger partial charge in [0.15, 0.2) is 5.78 Å². The highest BCUT2D eigenvalue weighted by atomic mass is 16.1. The molecular weight excluding hydrogens is 204 g/mol. The van der Waals surface area contributed by atoms with Crippen LogP contribution in [0.4, 0.5) is 0 Å². The van der Waals surface area contributed by atoms with E-state index in [1.807, 2.05) is 13.8 Å². The molecule has 2 rings (SSSR count). The highest BCUT2D eigenvalue weighted by Crippen LogP contribution is 2.10. The Labute approximate surface area is 93.2 Å². The van der Waals surface area contributed by atoms with Crippen LogP contribution >= 0.6 is 0 Å². The molecule has 0 aromatic carbocycles. The zero-order valence-corrected chi connectivity index (χ0v) is 9.21. The second kappa shape index (κ2) is 4.22. The lowest BCUT2D eigenvalue weighted by atomic mass is 10.1. The molecule has 0 fully saturated rings. The van der Waals surface area contributed by atoms with Crippen LogP contribution in [0.3, 0.4) is 0 Å².